The second kappa shape index (κ2) is 9.02. The molecule has 0 radical (unpaired) electrons. The van der Waals surface area contributed by atoms with Gasteiger partial charge in [0, 0.05) is 31.2 Å². The van der Waals surface area contributed by atoms with Gasteiger partial charge in [0.2, 0.25) is 5.95 Å². The summed E-state index contributed by atoms with van der Waals surface area (Å²) in [5, 5.41) is 0.754. The normalized spacial score (nSPS) is 15.2. The summed E-state index contributed by atoms with van der Waals surface area (Å²) in [5.41, 5.74) is 2.63. The van der Waals surface area contributed by atoms with Crippen LogP contribution in [0.15, 0.2) is 48.5 Å². The number of nitrogens with zero attached hydrogens (tertiary/aromatic N) is 4. The van der Waals surface area contributed by atoms with Crippen LogP contribution in [0.3, 0.4) is 0 Å². The Morgan fingerprint density at radius 1 is 1.12 bits per heavy atom. The zero-order chi connectivity index (χ0) is 22.9. The first-order valence-corrected chi connectivity index (χ1v) is 11.5. The fraction of sp³-hybridized carbons (Fsp3) is 0.440. The number of fused-ring (bicyclic) bond motifs is 1. The number of rotatable bonds is 4. The van der Waals surface area contributed by atoms with Crippen LogP contribution in [0, 0.1) is 0 Å². The van der Waals surface area contributed by atoms with Gasteiger partial charge in [-0.05, 0) is 57.4 Å². The second-order valence-corrected chi connectivity index (χ2v) is 9.79. The number of aromatic nitrogens is 2. The molecule has 1 aliphatic rings. The van der Waals surface area contributed by atoms with Crippen LogP contribution in [-0.2, 0) is 11.3 Å². The number of hydrogen-bond acceptors (Lipinski definition) is 4. The molecule has 7 heteroatoms. The lowest BCUT2D eigenvalue weighted by Gasteiger charge is -2.37. The van der Waals surface area contributed by atoms with Crippen molar-refractivity contribution in [1.82, 2.24) is 14.5 Å². The molecule has 1 aliphatic heterocycles. The SMILES string of the molecule is CN(c1nc2ccccc2n1Cc1ccccc1Cl)C1CCN(C(=O)OC(C)(C)C)CC1. The molecule has 0 unspecified atom stereocenters. The molecule has 170 valence electrons. The lowest BCUT2D eigenvalue weighted by Crippen LogP contribution is -2.47. The van der Waals surface area contributed by atoms with Crippen molar-refractivity contribution >= 4 is 34.7 Å². The van der Waals surface area contributed by atoms with Crippen LogP contribution >= 0.6 is 11.6 Å². The monoisotopic (exact) mass is 454 g/mol. The highest BCUT2D eigenvalue weighted by atomic mass is 35.5. The molecule has 1 amide bonds. The van der Waals surface area contributed by atoms with Gasteiger partial charge in [0.25, 0.3) is 0 Å². The topological polar surface area (TPSA) is 50.6 Å². The van der Waals surface area contributed by atoms with E-state index in [4.69, 9.17) is 21.3 Å². The quantitative estimate of drug-likeness (QED) is 0.516. The van der Waals surface area contributed by atoms with Gasteiger partial charge in [-0.15, -0.1) is 0 Å². The Balaban J connectivity index is 1.55. The molecule has 3 aromatic rings. The second-order valence-electron chi connectivity index (χ2n) is 9.39. The number of halogens is 1. The van der Waals surface area contributed by atoms with Crippen LogP contribution in [0.5, 0.6) is 0 Å². The number of carbonyl (C=O) groups is 1. The molecule has 0 spiro atoms. The standard InChI is InChI=1S/C25H31ClN4O2/c1-25(2,3)32-24(31)29-15-13-19(14-16-29)28(4)23-27-21-11-7-8-12-22(21)30(23)17-18-9-5-6-10-20(18)26/h5-12,19H,13-17H2,1-4H3. The number of anilines is 1. The van der Waals surface area contributed by atoms with Crippen molar-refractivity contribution in [2.24, 2.45) is 0 Å². The van der Waals surface area contributed by atoms with E-state index in [0.717, 1.165) is 40.4 Å². The Bertz CT molecular complexity index is 1100. The average molecular weight is 455 g/mol. The van der Waals surface area contributed by atoms with Crippen molar-refractivity contribution < 1.29 is 9.53 Å². The third kappa shape index (κ3) is 4.85. The molecular formula is C25H31ClN4O2. The summed E-state index contributed by atoms with van der Waals surface area (Å²) in [5.74, 6) is 0.918. The molecule has 1 fully saturated rings. The summed E-state index contributed by atoms with van der Waals surface area (Å²) >= 11 is 6.47. The number of imidazole rings is 1. The van der Waals surface area contributed by atoms with E-state index in [1.165, 1.54) is 0 Å². The molecule has 6 nitrogen and oxygen atoms in total. The van der Waals surface area contributed by atoms with Crippen molar-refractivity contribution in [3.63, 3.8) is 0 Å². The molecule has 32 heavy (non-hydrogen) atoms. The van der Waals surface area contributed by atoms with E-state index in [1.807, 2.05) is 62.1 Å². The minimum absolute atomic E-state index is 0.232. The molecule has 0 atom stereocenters. The maximum absolute atomic E-state index is 12.4. The van der Waals surface area contributed by atoms with Gasteiger partial charge < -0.3 is 19.1 Å². The van der Waals surface area contributed by atoms with Crippen LogP contribution in [-0.4, -0.2) is 52.3 Å². The van der Waals surface area contributed by atoms with E-state index < -0.39 is 5.60 Å². The zero-order valence-electron chi connectivity index (χ0n) is 19.2. The predicted octanol–water partition coefficient (Wildman–Crippen LogP) is 5.57. The summed E-state index contributed by atoms with van der Waals surface area (Å²) < 4.78 is 7.77. The first kappa shape index (κ1) is 22.5. The molecule has 0 bridgehead atoms. The van der Waals surface area contributed by atoms with Gasteiger partial charge in [0.15, 0.2) is 0 Å². The number of para-hydroxylation sites is 2. The van der Waals surface area contributed by atoms with Crippen LogP contribution in [0.4, 0.5) is 10.7 Å². The molecule has 0 N–H and O–H groups in total. The van der Waals surface area contributed by atoms with Gasteiger partial charge in [0.1, 0.15) is 5.60 Å². The highest BCUT2D eigenvalue weighted by Gasteiger charge is 2.30. The van der Waals surface area contributed by atoms with Crippen molar-refractivity contribution in [3.8, 4) is 0 Å². The van der Waals surface area contributed by atoms with E-state index in [-0.39, 0.29) is 12.1 Å². The molecule has 0 saturated carbocycles. The maximum Gasteiger partial charge on any atom is 0.410 e. The summed E-state index contributed by atoms with van der Waals surface area (Å²) in [6, 6.07) is 16.4. The first-order valence-electron chi connectivity index (χ1n) is 11.1. The Morgan fingerprint density at radius 2 is 1.78 bits per heavy atom. The fourth-order valence-corrected chi connectivity index (χ4v) is 4.41. The van der Waals surface area contributed by atoms with Crippen molar-refractivity contribution in [3.05, 3.63) is 59.1 Å². The summed E-state index contributed by atoms with van der Waals surface area (Å²) in [7, 11) is 2.10. The lowest BCUT2D eigenvalue weighted by atomic mass is 10.0. The average Bonchev–Trinajstić information content (AvgIpc) is 3.12. The molecule has 2 heterocycles. The first-order chi connectivity index (χ1) is 15.2. The summed E-state index contributed by atoms with van der Waals surface area (Å²) in [6.07, 6.45) is 1.50. The van der Waals surface area contributed by atoms with E-state index in [9.17, 15) is 4.79 Å². The van der Waals surface area contributed by atoms with Crippen molar-refractivity contribution in [1.29, 1.82) is 0 Å². The molecule has 4 rings (SSSR count). The molecular weight excluding hydrogens is 424 g/mol. The number of amides is 1. The third-order valence-electron chi connectivity index (χ3n) is 5.90. The Labute approximate surface area is 194 Å². The van der Waals surface area contributed by atoms with Crippen LogP contribution in [0.1, 0.15) is 39.2 Å². The van der Waals surface area contributed by atoms with Gasteiger partial charge in [-0.2, -0.15) is 0 Å². The van der Waals surface area contributed by atoms with Crippen molar-refractivity contribution in [2.45, 2.75) is 51.8 Å². The van der Waals surface area contributed by atoms with Gasteiger partial charge in [0.05, 0.1) is 17.6 Å². The minimum Gasteiger partial charge on any atom is -0.444 e. The smallest absolute Gasteiger partial charge is 0.410 e. The fourth-order valence-electron chi connectivity index (χ4n) is 4.21. The number of ether oxygens (including phenoxy) is 1. The number of hydrogen-bond donors (Lipinski definition) is 0. The highest BCUT2D eigenvalue weighted by molar-refractivity contribution is 6.31. The summed E-state index contributed by atoms with van der Waals surface area (Å²) in [6.45, 7) is 7.69. The van der Waals surface area contributed by atoms with E-state index >= 15 is 0 Å². The van der Waals surface area contributed by atoms with Gasteiger partial charge in [-0.1, -0.05) is 41.9 Å². The number of carbonyl (C=O) groups excluding carboxylic acids is 1. The Hall–Kier alpha value is -2.73. The number of benzene rings is 2. The molecule has 0 aliphatic carbocycles. The van der Waals surface area contributed by atoms with E-state index in [1.54, 1.807) is 0 Å². The van der Waals surface area contributed by atoms with Gasteiger partial charge in [-0.25, -0.2) is 9.78 Å². The molecule has 1 aromatic heterocycles. The largest absolute Gasteiger partial charge is 0.444 e. The lowest BCUT2D eigenvalue weighted by molar-refractivity contribution is 0.0205. The minimum atomic E-state index is -0.478. The zero-order valence-corrected chi connectivity index (χ0v) is 20.0. The maximum atomic E-state index is 12.4. The van der Waals surface area contributed by atoms with Crippen molar-refractivity contribution in [2.75, 3.05) is 25.0 Å². The molecule has 2 aromatic carbocycles. The van der Waals surface area contributed by atoms with Gasteiger partial charge >= 0.3 is 6.09 Å². The number of likely N-dealkylation sites (tertiary alicyclic amines) is 1. The highest BCUT2D eigenvalue weighted by Crippen LogP contribution is 2.29. The van der Waals surface area contributed by atoms with E-state index in [0.29, 0.717) is 19.6 Å². The summed E-state index contributed by atoms with van der Waals surface area (Å²) in [4.78, 5) is 21.4. The Morgan fingerprint density at radius 3 is 2.47 bits per heavy atom. The van der Waals surface area contributed by atoms with E-state index in [2.05, 4.69) is 28.6 Å². The predicted molar refractivity (Wildman–Crippen MR) is 130 cm³/mol. The van der Waals surface area contributed by atoms with Crippen LogP contribution in [0.2, 0.25) is 5.02 Å². The number of piperidine rings is 1. The van der Waals surface area contributed by atoms with Crippen LogP contribution in [0.25, 0.3) is 11.0 Å². The third-order valence-corrected chi connectivity index (χ3v) is 6.27. The molecule has 1 saturated heterocycles. The van der Waals surface area contributed by atoms with Crippen LogP contribution < -0.4 is 4.90 Å². The Kier molecular flexibility index (Phi) is 6.33. The van der Waals surface area contributed by atoms with Gasteiger partial charge in [-0.3, -0.25) is 0 Å².